The molecule has 0 amide bonds. The van der Waals surface area contributed by atoms with E-state index >= 15 is 0 Å². The monoisotopic (exact) mass is 341 g/mol. The van der Waals surface area contributed by atoms with Crippen molar-refractivity contribution >= 4 is 11.5 Å². The number of hydrogen-bond acceptors (Lipinski definition) is 3. The first-order valence-electron chi connectivity index (χ1n) is 7.66. The number of halogens is 3. The summed E-state index contributed by atoms with van der Waals surface area (Å²) in [5, 5.41) is 10.0. The summed E-state index contributed by atoms with van der Waals surface area (Å²) < 4.78 is 40.2. The molecule has 0 radical (unpaired) electrons. The third-order valence-corrected chi connectivity index (χ3v) is 3.72. The van der Waals surface area contributed by atoms with E-state index in [9.17, 15) is 23.1 Å². The van der Waals surface area contributed by atoms with Crippen LogP contribution < -0.4 is 0 Å². The molecule has 1 unspecified atom stereocenters. The number of carbonyl (C=O) groups is 1. The molecule has 0 spiro atoms. The van der Waals surface area contributed by atoms with Gasteiger partial charge in [-0.2, -0.15) is 13.2 Å². The van der Waals surface area contributed by atoms with Crippen LogP contribution in [0.25, 0.3) is 0 Å². The van der Waals surface area contributed by atoms with Crippen LogP contribution in [0.4, 0.5) is 13.2 Å². The highest BCUT2D eigenvalue weighted by atomic mass is 19.4. The van der Waals surface area contributed by atoms with E-state index < -0.39 is 17.5 Å². The van der Waals surface area contributed by atoms with Crippen molar-refractivity contribution in [2.45, 2.75) is 46.7 Å². The van der Waals surface area contributed by atoms with Crippen molar-refractivity contribution < 1.29 is 23.1 Å². The number of Topliss-reactive ketones (excluding diaryl/α,β-unsaturated/α-hetero) is 1. The molecular weight excluding hydrogens is 319 g/mol. The number of rotatable bonds is 4. The fraction of sp³-hybridized carbons (Fsp3) is 0.444. The molecule has 0 saturated carbocycles. The Labute approximate surface area is 140 Å². The van der Waals surface area contributed by atoms with Crippen LogP contribution in [-0.4, -0.2) is 22.8 Å². The number of aliphatic imine (C=N–C) groups is 1. The minimum Gasteiger partial charge on any atom is -0.510 e. The third kappa shape index (κ3) is 5.22. The fourth-order valence-electron chi connectivity index (χ4n) is 2.32. The lowest BCUT2D eigenvalue weighted by Crippen LogP contribution is -2.19. The van der Waals surface area contributed by atoms with Gasteiger partial charge in [-0.05, 0) is 37.8 Å². The summed E-state index contributed by atoms with van der Waals surface area (Å²) in [6.45, 7) is 6.00. The normalized spacial score (nSPS) is 25.7. The Morgan fingerprint density at radius 1 is 1.46 bits per heavy atom. The number of alkyl halides is 3. The maximum atomic E-state index is 13.4. The summed E-state index contributed by atoms with van der Waals surface area (Å²) >= 11 is 0. The van der Waals surface area contributed by atoms with Gasteiger partial charge in [0.05, 0.1) is 11.3 Å². The second-order valence-corrected chi connectivity index (χ2v) is 5.72. The van der Waals surface area contributed by atoms with Gasteiger partial charge in [-0.1, -0.05) is 25.2 Å². The van der Waals surface area contributed by atoms with Crippen molar-refractivity contribution in [3.05, 3.63) is 46.9 Å². The van der Waals surface area contributed by atoms with Gasteiger partial charge in [0.2, 0.25) is 0 Å². The SMILES string of the molecule is C/C=C\CC(C)C1=CC\C(O)=C(C(C)=O)/N=C(C)/C(C(F)(F)F)=C\1. The minimum atomic E-state index is -4.60. The lowest BCUT2D eigenvalue weighted by Gasteiger charge is -2.15. The van der Waals surface area contributed by atoms with Crippen LogP contribution in [0.15, 0.2) is 51.9 Å². The average Bonchev–Trinajstić information content (AvgIpc) is 2.53. The molecule has 24 heavy (non-hydrogen) atoms. The van der Waals surface area contributed by atoms with Crippen molar-refractivity contribution in [1.82, 2.24) is 0 Å². The molecule has 1 aliphatic heterocycles. The summed E-state index contributed by atoms with van der Waals surface area (Å²) in [6, 6.07) is 0. The molecule has 0 aromatic rings. The van der Waals surface area contributed by atoms with E-state index in [2.05, 4.69) is 4.99 Å². The van der Waals surface area contributed by atoms with Crippen molar-refractivity contribution in [2.24, 2.45) is 10.9 Å². The van der Waals surface area contributed by atoms with E-state index in [1.165, 1.54) is 13.0 Å². The molecule has 0 aromatic carbocycles. The van der Waals surface area contributed by atoms with Gasteiger partial charge in [-0.15, -0.1) is 0 Å². The molecule has 1 N–H and O–H groups in total. The van der Waals surface area contributed by atoms with Crippen LogP contribution in [0.3, 0.4) is 0 Å². The Balaban J connectivity index is 3.52. The molecule has 0 fully saturated rings. The van der Waals surface area contributed by atoms with Gasteiger partial charge in [-0.3, -0.25) is 4.79 Å². The van der Waals surface area contributed by atoms with E-state index in [1.807, 2.05) is 26.0 Å². The zero-order chi connectivity index (χ0) is 18.5. The summed E-state index contributed by atoms with van der Waals surface area (Å²) in [6.07, 6.45) is 2.22. The first-order valence-corrected chi connectivity index (χ1v) is 7.66. The van der Waals surface area contributed by atoms with Gasteiger partial charge >= 0.3 is 6.18 Å². The summed E-state index contributed by atoms with van der Waals surface area (Å²) in [7, 11) is 0. The van der Waals surface area contributed by atoms with Gasteiger partial charge in [0.15, 0.2) is 5.78 Å². The van der Waals surface area contributed by atoms with Gasteiger partial charge < -0.3 is 5.11 Å². The molecule has 0 aliphatic carbocycles. The Morgan fingerprint density at radius 2 is 2.08 bits per heavy atom. The number of ketones is 1. The van der Waals surface area contributed by atoms with Crippen LogP contribution >= 0.6 is 0 Å². The molecule has 132 valence electrons. The summed E-state index contributed by atoms with van der Waals surface area (Å²) in [4.78, 5) is 15.3. The highest BCUT2D eigenvalue weighted by Gasteiger charge is 2.36. The largest absolute Gasteiger partial charge is 0.510 e. The predicted molar refractivity (Wildman–Crippen MR) is 88.9 cm³/mol. The Kier molecular flexibility index (Phi) is 6.75. The van der Waals surface area contributed by atoms with Gasteiger partial charge in [0.25, 0.3) is 0 Å². The number of aliphatic hydroxyl groups excluding tert-OH is 1. The highest BCUT2D eigenvalue weighted by Crippen LogP contribution is 2.32. The van der Waals surface area contributed by atoms with Crippen LogP contribution in [0.2, 0.25) is 0 Å². The Bertz CT molecular complexity index is 650. The molecule has 0 saturated heterocycles. The van der Waals surface area contributed by atoms with Crippen molar-refractivity contribution in [3.63, 3.8) is 0 Å². The van der Waals surface area contributed by atoms with Crippen LogP contribution in [-0.2, 0) is 4.79 Å². The second kappa shape index (κ2) is 8.13. The molecule has 3 nitrogen and oxygen atoms in total. The zero-order valence-corrected chi connectivity index (χ0v) is 14.2. The third-order valence-electron chi connectivity index (χ3n) is 3.72. The van der Waals surface area contributed by atoms with E-state index in [4.69, 9.17) is 0 Å². The molecule has 1 rings (SSSR count). The maximum absolute atomic E-state index is 13.4. The van der Waals surface area contributed by atoms with Crippen molar-refractivity contribution in [3.8, 4) is 0 Å². The molecule has 0 bridgehead atoms. The van der Waals surface area contributed by atoms with E-state index in [0.717, 1.165) is 13.0 Å². The molecule has 0 aromatic heterocycles. The summed E-state index contributed by atoms with van der Waals surface area (Å²) in [5.74, 6) is -1.07. The van der Waals surface area contributed by atoms with Crippen molar-refractivity contribution in [1.29, 1.82) is 0 Å². The maximum Gasteiger partial charge on any atom is 0.418 e. The van der Waals surface area contributed by atoms with Crippen LogP contribution in [0, 0.1) is 5.92 Å². The Hall–Kier alpha value is -2.11. The van der Waals surface area contributed by atoms with Crippen LogP contribution in [0.5, 0.6) is 0 Å². The minimum absolute atomic E-state index is 0.0388. The zero-order valence-electron chi connectivity index (χ0n) is 14.2. The standard InChI is InChI=1S/C18H22F3NO2/c1-5-6-7-11(2)14-8-9-16(24)17(13(4)23)22-12(3)15(10-14)18(19,20)21/h5-6,8,10-11,24H,7,9H2,1-4H3/b6-5-,14-8?,15-10+,17-16+,22-12+. The first kappa shape index (κ1) is 19.9. The predicted octanol–water partition coefficient (Wildman–Crippen LogP) is 5.23. The van der Waals surface area contributed by atoms with Crippen LogP contribution in [0.1, 0.15) is 40.5 Å². The van der Waals surface area contributed by atoms with E-state index in [0.29, 0.717) is 12.0 Å². The van der Waals surface area contributed by atoms with Gasteiger partial charge in [0, 0.05) is 13.3 Å². The lowest BCUT2D eigenvalue weighted by molar-refractivity contribution is -0.113. The van der Waals surface area contributed by atoms with Gasteiger partial charge in [-0.25, -0.2) is 4.99 Å². The number of aliphatic hydroxyl groups is 1. The highest BCUT2D eigenvalue weighted by molar-refractivity contribution is 6.04. The van der Waals surface area contributed by atoms with E-state index in [1.54, 1.807) is 0 Å². The summed E-state index contributed by atoms with van der Waals surface area (Å²) in [5.41, 5.74) is -1.13. The molecular formula is C18H22F3NO2. The van der Waals surface area contributed by atoms with Crippen molar-refractivity contribution in [2.75, 3.05) is 0 Å². The second-order valence-electron chi connectivity index (χ2n) is 5.72. The molecule has 6 heteroatoms. The average molecular weight is 341 g/mol. The lowest BCUT2D eigenvalue weighted by atomic mass is 9.93. The molecule has 1 atom stereocenters. The smallest absolute Gasteiger partial charge is 0.418 e. The van der Waals surface area contributed by atoms with E-state index in [-0.39, 0.29) is 29.5 Å². The van der Waals surface area contributed by atoms with Gasteiger partial charge in [0.1, 0.15) is 11.5 Å². The number of nitrogens with zero attached hydrogens (tertiary/aromatic N) is 1. The quantitative estimate of drug-likeness (QED) is 0.712. The number of hydrogen-bond donors (Lipinski definition) is 1. The molecule has 1 heterocycles. The topological polar surface area (TPSA) is 49.7 Å². The number of allylic oxidation sites excluding steroid dienone is 7. The fourth-order valence-corrected chi connectivity index (χ4v) is 2.32. The Morgan fingerprint density at radius 3 is 2.58 bits per heavy atom. The first-order chi connectivity index (χ1) is 11.1. The number of carbonyl (C=O) groups excluding carboxylic acids is 1. The molecule has 1 aliphatic rings.